The van der Waals surface area contributed by atoms with Gasteiger partial charge in [-0.05, 0) is 29.1 Å². The Kier molecular flexibility index (Phi) is 4.02. The third-order valence-electron chi connectivity index (χ3n) is 3.66. The Morgan fingerprint density at radius 2 is 0.923 bits per heavy atom. The van der Waals surface area contributed by atoms with Gasteiger partial charge in [0.15, 0.2) is 0 Å². The predicted molar refractivity (Wildman–Crippen MR) is 61.9 cm³/mol. The van der Waals surface area contributed by atoms with Gasteiger partial charge >= 0.3 is 0 Å². The quantitative estimate of drug-likeness (QED) is 0.581. The van der Waals surface area contributed by atoms with Crippen LogP contribution < -0.4 is 0 Å². The number of hydrogen-bond donors (Lipinski definition) is 0. The van der Waals surface area contributed by atoms with Crippen molar-refractivity contribution in [1.82, 2.24) is 0 Å². The standard InChI is InChI=1S/C13H28/c1-10(12(3,4)5)9-11(2)13(6,7)8/h10-11H,9H2,1-8H3/t10-,11-/m1/s1. The minimum atomic E-state index is 0.458. The highest BCUT2D eigenvalue weighted by molar-refractivity contribution is 4.77. The molecule has 0 aromatic carbocycles. The zero-order chi connectivity index (χ0) is 10.9. The van der Waals surface area contributed by atoms with E-state index in [1.165, 1.54) is 6.42 Å². The third kappa shape index (κ3) is 4.69. The van der Waals surface area contributed by atoms with Gasteiger partial charge in [0.1, 0.15) is 0 Å². The van der Waals surface area contributed by atoms with Crippen LogP contribution in [0, 0.1) is 22.7 Å². The van der Waals surface area contributed by atoms with E-state index in [0.29, 0.717) is 10.8 Å². The van der Waals surface area contributed by atoms with E-state index in [0.717, 1.165) is 11.8 Å². The van der Waals surface area contributed by atoms with Crippen molar-refractivity contribution in [3.05, 3.63) is 0 Å². The summed E-state index contributed by atoms with van der Waals surface area (Å²) in [4.78, 5) is 0. The van der Waals surface area contributed by atoms with Crippen LogP contribution in [0.15, 0.2) is 0 Å². The lowest BCUT2D eigenvalue weighted by atomic mass is 9.71. The van der Waals surface area contributed by atoms with Gasteiger partial charge in [-0.2, -0.15) is 0 Å². The fourth-order valence-corrected chi connectivity index (χ4v) is 1.24. The number of rotatable bonds is 2. The first-order valence-electron chi connectivity index (χ1n) is 5.55. The lowest BCUT2D eigenvalue weighted by Gasteiger charge is -2.35. The molecule has 0 heterocycles. The molecule has 2 atom stereocenters. The molecule has 0 nitrogen and oxygen atoms in total. The molecule has 0 N–H and O–H groups in total. The molecule has 80 valence electrons. The molecular weight excluding hydrogens is 156 g/mol. The second-order valence-corrected chi connectivity index (χ2v) is 6.77. The van der Waals surface area contributed by atoms with Crippen LogP contribution in [0.25, 0.3) is 0 Å². The van der Waals surface area contributed by atoms with Crippen molar-refractivity contribution in [2.24, 2.45) is 22.7 Å². The molecule has 0 radical (unpaired) electrons. The van der Waals surface area contributed by atoms with Gasteiger partial charge in [-0.25, -0.2) is 0 Å². The van der Waals surface area contributed by atoms with E-state index in [2.05, 4.69) is 55.4 Å². The van der Waals surface area contributed by atoms with E-state index in [4.69, 9.17) is 0 Å². The van der Waals surface area contributed by atoms with Crippen molar-refractivity contribution in [3.8, 4) is 0 Å². The zero-order valence-electron chi connectivity index (χ0n) is 10.9. The van der Waals surface area contributed by atoms with E-state index in [9.17, 15) is 0 Å². The Balaban J connectivity index is 4.15. The van der Waals surface area contributed by atoms with Gasteiger partial charge < -0.3 is 0 Å². The summed E-state index contributed by atoms with van der Waals surface area (Å²) in [6.45, 7) is 18.8. The summed E-state index contributed by atoms with van der Waals surface area (Å²) in [5.74, 6) is 1.61. The van der Waals surface area contributed by atoms with Gasteiger partial charge in [0.2, 0.25) is 0 Å². The fourth-order valence-electron chi connectivity index (χ4n) is 1.24. The van der Waals surface area contributed by atoms with Crippen LogP contribution >= 0.6 is 0 Å². The third-order valence-corrected chi connectivity index (χ3v) is 3.66. The van der Waals surface area contributed by atoms with Gasteiger partial charge in [-0.3, -0.25) is 0 Å². The van der Waals surface area contributed by atoms with Crippen molar-refractivity contribution in [3.63, 3.8) is 0 Å². The van der Waals surface area contributed by atoms with E-state index < -0.39 is 0 Å². The molecule has 0 aliphatic rings. The summed E-state index contributed by atoms with van der Waals surface area (Å²) < 4.78 is 0. The minimum Gasteiger partial charge on any atom is -0.0620 e. The van der Waals surface area contributed by atoms with Gasteiger partial charge in [-0.1, -0.05) is 55.4 Å². The second-order valence-electron chi connectivity index (χ2n) is 6.77. The summed E-state index contributed by atoms with van der Waals surface area (Å²) >= 11 is 0. The lowest BCUT2D eigenvalue weighted by molar-refractivity contribution is 0.157. The molecule has 0 bridgehead atoms. The van der Waals surface area contributed by atoms with Crippen LogP contribution in [0.1, 0.15) is 61.8 Å². The van der Waals surface area contributed by atoms with E-state index in [-0.39, 0.29) is 0 Å². The smallest absolute Gasteiger partial charge is 0.0357 e. The monoisotopic (exact) mass is 184 g/mol. The second kappa shape index (κ2) is 4.02. The highest BCUT2D eigenvalue weighted by atomic mass is 14.3. The molecule has 0 aliphatic carbocycles. The van der Waals surface area contributed by atoms with Crippen LogP contribution in [-0.4, -0.2) is 0 Å². The van der Waals surface area contributed by atoms with Crippen molar-refractivity contribution in [2.45, 2.75) is 61.8 Å². The van der Waals surface area contributed by atoms with E-state index in [1.807, 2.05) is 0 Å². The molecular formula is C13H28. The topological polar surface area (TPSA) is 0 Å². The normalized spacial score (nSPS) is 18.5. The summed E-state index contributed by atoms with van der Waals surface area (Å²) in [6.07, 6.45) is 1.34. The Morgan fingerprint density at radius 3 is 1.08 bits per heavy atom. The first-order chi connectivity index (χ1) is 5.55. The SMILES string of the molecule is C[C@H](C[C@@H](C)C(C)(C)C)C(C)(C)C. The molecule has 0 amide bonds. The Morgan fingerprint density at radius 1 is 0.692 bits per heavy atom. The average Bonchev–Trinajstić information content (AvgIpc) is 1.82. The molecule has 0 heteroatoms. The maximum absolute atomic E-state index is 2.38. The van der Waals surface area contributed by atoms with Crippen LogP contribution in [0.4, 0.5) is 0 Å². The van der Waals surface area contributed by atoms with Crippen molar-refractivity contribution in [2.75, 3.05) is 0 Å². The molecule has 0 spiro atoms. The molecule has 0 saturated carbocycles. The van der Waals surface area contributed by atoms with Gasteiger partial charge in [-0.15, -0.1) is 0 Å². The molecule has 13 heavy (non-hydrogen) atoms. The first-order valence-corrected chi connectivity index (χ1v) is 5.55. The minimum absolute atomic E-state index is 0.458. The number of hydrogen-bond acceptors (Lipinski definition) is 0. The molecule has 0 unspecified atom stereocenters. The Bertz CT molecular complexity index is 124. The van der Waals surface area contributed by atoms with Gasteiger partial charge in [0.05, 0.1) is 0 Å². The van der Waals surface area contributed by atoms with Gasteiger partial charge in [0.25, 0.3) is 0 Å². The molecule has 0 aromatic heterocycles. The molecule has 0 aromatic rings. The Labute approximate surface area is 85.1 Å². The van der Waals surface area contributed by atoms with Crippen LogP contribution in [-0.2, 0) is 0 Å². The van der Waals surface area contributed by atoms with Crippen molar-refractivity contribution >= 4 is 0 Å². The molecule has 0 fully saturated rings. The zero-order valence-corrected chi connectivity index (χ0v) is 10.9. The maximum Gasteiger partial charge on any atom is -0.0357 e. The Hall–Kier alpha value is 0. The summed E-state index contributed by atoms with van der Waals surface area (Å²) in [5.41, 5.74) is 0.916. The predicted octanol–water partition coefficient (Wildman–Crippen LogP) is 4.74. The summed E-state index contributed by atoms with van der Waals surface area (Å²) in [6, 6.07) is 0. The highest BCUT2D eigenvalue weighted by Crippen LogP contribution is 2.36. The summed E-state index contributed by atoms with van der Waals surface area (Å²) in [5, 5.41) is 0. The molecule has 0 rings (SSSR count). The average molecular weight is 184 g/mol. The maximum atomic E-state index is 2.38. The fraction of sp³-hybridized carbons (Fsp3) is 1.00. The lowest BCUT2D eigenvalue weighted by Crippen LogP contribution is -2.25. The van der Waals surface area contributed by atoms with Crippen molar-refractivity contribution < 1.29 is 0 Å². The summed E-state index contributed by atoms with van der Waals surface area (Å²) in [7, 11) is 0. The van der Waals surface area contributed by atoms with Gasteiger partial charge in [0, 0.05) is 0 Å². The van der Waals surface area contributed by atoms with E-state index in [1.54, 1.807) is 0 Å². The molecule has 0 saturated heterocycles. The first kappa shape index (κ1) is 13.0. The highest BCUT2D eigenvalue weighted by Gasteiger charge is 2.27. The van der Waals surface area contributed by atoms with Crippen LogP contribution in [0.3, 0.4) is 0 Å². The van der Waals surface area contributed by atoms with Crippen LogP contribution in [0.5, 0.6) is 0 Å². The van der Waals surface area contributed by atoms with Crippen molar-refractivity contribution in [1.29, 1.82) is 0 Å². The van der Waals surface area contributed by atoms with E-state index >= 15 is 0 Å². The molecule has 0 aliphatic heterocycles. The largest absolute Gasteiger partial charge is 0.0620 e. The van der Waals surface area contributed by atoms with Crippen LogP contribution in [0.2, 0.25) is 0 Å².